The van der Waals surface area contributed by atoms with Crippen LogP contribution in [-0.4, -0.2) is 52.2 Å². The molecule has 108 valence electrons. The molecule has 0 aliphatic carbocycles. The Labute approximate surface area is 109 Å². The zero-order valence-electron chi connectivity index (χ0n) is 11.3. The smallest absolute Gasteiger partial charge is 0.205 e. The highest BCUT2D eigenvalue weighted by atomic mass is 32.2. The summed E-state index contributed by atoms with van der Waals surface area (Å²) in [7, 11) is -3.02. The van der Waals surface area contributed by atoms with Crippen molar-refractivity contribution in [2.45, 2.75) is 26.3 Å². The van der Waals surface area contributed by atoms with Crippen LogP contribution in [0.15, 0.2) is 4.99 Å². The topological polar surface area (TPSA) is 106 Å². The number of nitrogens with two attached hydrogens (primary N) is 1. The van der Waals surface area contributed by atoms with Crippen molar-refractivity contribution in [2.75, 3.05) is 31.8 Å². The van der Waals surface area contributed by atoms with Crippen molar-refractivity contribution in [3.05, 3.63) is 0 Å². The van der Waals surface area contributed by atoms with E-state index in [4.69, 9.17) is 10.6 Å². The molecule has 0 radical (unpaired) electrons. The number of guanidine groups is 1. The lowest BCUT2D eigenvalue weighted by molar-refractivity contribution is 0.146. The second-order valence-electron chi connectivity index (χ2n) is 4.06. The molecule has 8 heteroatoms. The number of nitrogens with one attached hydrogen (secondary N) is 2. The van der Waals surface area contributed by atoms with Gasteiger partial charge in [-0.05, 0) is 20.3 Å². The highest BCUT2D eigenvalue weighted by Crippen LogP contribution is 1.90. The molecule has 0 bridgehead atoms. The van der Waals surface area contributed by atoms with Gasteiger partial charge in [0.15, 0.2) is 0 Å². The van der Waals surface area contributed by atoms with Crippen molar-refractivity contribution < 1.29 is 13.2 Å². The van der Waals surface area contributed by atoms with Gasteiger partial charge in [-0.15, -0.1) is 0 Å². The molecule has 7 nitrogen and oxygen atoms in total. The van der Waals surface area contributed by atoms with Gasteiger partial charge in [-0.3, -0.25) is 10.4 Å². The van der Waals surface area contributed by atoms with E-state index in [1.54, 1.807) is 6.92 Å². The number of nitrogens with zero attached hydrogens (tertiary/aromatic N) is 1. The molecule has 0 spiro atoms. The van der Waals surface area contributed by atoms with E-state index in [1.807, 2.05) is 6.92 Å². The molecule has 1 unspecified atom stereocenters. The zero-order valence-corrected chi connectivity index (χ0v) is 12.1. The van der Waals surface area contributed by atoms with E-state index in [2.05, 4.69) is 15.7 Å². The van der Waals surface area contributed by atoms with Crippen molar-refractivity contribution >= 4 is 15.8 Å². The molecule has 18 heavy (non-hydrogen) atoms. The molecule has 0 saturated carbocycles. The Morgan fingerprint density at radius 1 is 1.50 bits per heavy atom. The Kier molecular flexibility index (Phi) is 8.69. The van der Waals surface area contributed by atoms with Crippen LogP contribution in [0.2, 0.25) is 0 Å². The molecule has 0 aliphatic heterocycles. The number of rotatable bonds is 8. The van der Waals surface area contributed by atoms with Gasteiger partial charge in [0.25, 0.3) is 0 Å². The third kappa shape index (κ3) is 10.3. The van der Waals surface area contributed by atoms with Crippen LogP contribution in [0.3, 0.4) is 0 Å². The van der Waals surface area contributed by atoms with Gasteiger partial charge < -0.3 is 10.1 Å². The summed E-state index contributed by atoms with van der Waals surface area (Å²) in [5, 5.41) is 2.91. The van der Waals surface area contributed by atoms with E-state index in [9.17, 15) is 8.42 Å². The van der Waals surface area contributed by atoms with Crippen molar-refractivity contribution in [3.63, 3.8) is 0 Å². The molecule has 1 atom stereocenters. The molecular weight excluding hydrogens is 256 g/mol. The first-order valence-electron chi connectivity index (χ1n) is 5.92. The summed E-state index contributed by atoms with van der Waals surface area (Å²) < 4.78 is 27.4. The average molecular weight is 280 g/mol. The maximum Gasteiger partial charge on any atom is 0.205 e. The first kappa shape index (κ1) is 17.1. The van der Waals surface area contributed by atoms with Crippen LogP contribution in [0.5, 0.6) is 0 Å². The Morgan fingerprint density at radius 3 is 2.67 bits per heavy atom. The van der Waals surface area contributed by atoms with Crippen LogP contribution in [0.4, 0.5) is 0 Å². The minimum atomic E-state index is -3.02. The van der Waals surface area contributed by atoms with Gasteiger partial charge in [-0.1, -0.05) is 0 Å². The summed E-state index contributed by atoms with van der Waals surface area (Å²) in [5.41, 5.74) is 2.41. The Hall–Kier alpha value is -0.860. The summed E-state index contributed by atoms with van der Waals surface area (Å²) in [6.45, 7) is 5.60. The van der Waals surface area contributed by atoms with Gasteiger partial charge in [-0.25, -0.2) is 14.3 Å². The summed E-state index contributed by atoms with van der Waals surface area (Å²) >= 11 is 0. The van der Waals surface area contributed by atoms with Gasteiger partial charge in [-0.2, -0.15) is 0 Å². The maximum atomic E-state index is 11.1. The van der Waals surface area contributed by atoms with Crippen molar-refractivity contribution in [3.8, 4) is 0 Å². The average Bonchev–Trinajstić information content (AvgIpc) is 2.24. The predicted octanol–water partition coefficient (Wildman–Crippen LogP) is -0.745. The normalized spacial score (nSPS) is 14.3. The third-order valence-corrected chi connectivity index (χ3v) is 3.10. The van der Waals surface area contributed by atoms with E-state index in [0.717, 1.165) is 6.42 Å². The van der Waals surface area contributed by atoms with Crippen molar-refractivity contribution in [1.82, 2.24) is 10.7 Å². The highest BCUT2D eigenvalue weighted by Gasteiger charge is 2.11. The van der Waals surface area contributed by atoms with E-state index < -0.39 is 9.84 Å². The first-order chi connectivity index (χ1) is 8.39. The lowest BCUT2D eigenvalue weighted by Crippen LogP contribution is -2.47. The molecule has 0 heterocycles. The lowest BCUT2D eigenvalue weighted by atomic mass is 10.4. The molecule has 0 saturated heterocycles. The molecule has 0 aliphatic rings. The van der Waals surface area contributed by atoms with E-state index in [1.165, 1.54) is 6.26 Å². The number of hydrogen-bond acceptors (Lipinski definition) is 5. The van der Waals surface area contributed by atoms with Crippen molar-refractivity contribution in [2.24, 2.45) is 10.8 Å². The van der Waals surface area contributed by atoms with E-state index in [-0.39, 0.29) is 11.8 Å². The molecular formula is C10H24N4O3S. The first-order valence-corrected chi connectivity index (χ1v) is 7.98. The van der Waals surface area contributed by atoms with Crippen molar-refractivity contribution in [1.29, 1.82) is 0 Å². The summed E-state index contributed by atoms with van der Waals surface area (Å²) in [4.78, 5) is 4.18. The quantitative estimate of drug-likeness (QED) is 0.178. The van der Waals surface area contributed by atoms with Gasteiger partial charge in [0.1, 0.15) is 9.84 Å². The second-order valence-corrected chi connectivity index (χ2v) is 6.25. The number of hydrogen-bond donors (Lipinski definition) is 3. The molecule has 0 amide bonds. The fourth-order valence-electron chi connectivity index (χ4n) is 1.36. The van der Waals surface area contributed by atoms with Crippen LogP contribution >= 0.6 is 0 Å². The number of ether oxygens (including phenoxy) is 1. The van der Waals surface area contributed by atoms with Crippen LogP contribution in [0.1, 0.15) is 20.3 Å². The monoisotopic (exact) mass is 280 g/mol. The highest BCUT2D eigenvalue weighted by molar-refractivity contribution is 7.90. The summed E-state index contributed by atoms with van der Waals surface area (Å²) in [5.74, 6) is 5.73. The van der Waals surface area contributed by atoms with Crippen LogP contribution < -0.4 is 16.6 Å². The molecule has 4 N–H and O–H groups in total. The fraction of sp³-hybridized carbons (Fsp3) is 0.900. The van der Waals surface area contributed by atoms with Crippen LogP contribution in [0.25, 0.3) is 0 Å². The zero-order chi connectivity index (χ0) is 14.0. The minimum Gasteiger partial charge on any atom is -0.382 e. The number of sulfone groups is 1. The Bertz CT molecular complexity index is 343. The largest absolute Gasteiger partial charge is 0.382 e. The summed E-state index contributed by atoms with van der Waals surface area (Å²) in [6.07, 6.45) is 1.99. The van der Waals surface area contributed by atoms with E-state index in [0.29, 0.717) is 25.7 Å². The predicted molar refractivity (Wildman–Crippen MR) is 73.0 cm³/mol. The van der Waals surface area contributed by atoms with Gasteiger partial charge in [0, 0.05) is 32.1 Å². The fourth-order valence-corrected chi connectivity index (χ4v) is 2.36. The third-order valence-electron chi connectivity index (χ3n) is 1.99. The van der Waals surface area contributed by atoms with Gasteiger partial charge >= 0.3 is 0 Å². The minimum absolute atomic E-state index is 0.0344. The number of hydrazine groups is 1. The van der Waals surface area contributed by atoms with Crippen LogP contribution in [0, 0.1) is 0 Å². The van der Waals surface area contributed by atoms with Crippen LogP contribution in [-0.2, 0) is 14.6 Å². The number of aliphatic imine (C=N–C) groups is 1. The molecule has 0 aromatic carbocycles. The molecule has 0 rings (SSSR count). The Morgan fingerprint density at radius 2 is 2.17 bits per heavy atom. The molecule has 0 aromatic rings. The SMILES string of the molecule is CCOCCCN=C(NN)NC(C)CS(C)(=O)=O. The van der Waals surface area contributed by atoms with Gasteiger partial charge in [0.2, 0.25) is 5.96 Å². The van der Waals surface area contributed by atoms with Gasteiger partial charge in [0.05, 0.1) is 5.75 Å². The lowest BCUT2D eigenvalue weighted by Gasteiger charge is -2.15. The second kappa shape index (κ2) is 9.12. The molecule has 0 fully saturated rings. The molecule has 0 aromatic heterocycles. The standard InChI is InChI=1S/C10H24N4O3S/c1-4-17-7-5-6-12-10(14-11)13-9(2)8-18(3,15)16/h9H,4-8,11H2,1-3H3,(H2,12,13,14). The maximum absolute atomic E-state index is 11.1. The summed E-state index contributed by atoms with van der Waals surface area (Å²) in [6, 6.07) is -0.248. The van der Waals surface area contributed by atoms with E-state index >= 15 is 0 Å². The Balaban J connectivity index is 4.05.